The van der Waals surface area contributed by atoms with E-state index in [1.165, 1.54) is 11.8 Å². The quantitative estimate of drug-likeness (QED) is 0.100. The number of ether oxygens (including phenoxy) is 2. The minimum Gasteiger partial charge on any atom is -0.483 e. The normalized spacial score (nSPS) is 16.7. The summed E-state index contributed by atoms with van der Waals surface area (Å²) in [6.45, 7) is 9.73. The highest BCUT2D eigenvalue weighted by Crippen LogP contribution is 2.47. The van der Waals surface area contributed by atoms with Crippen molar-refractivity contribution in [2.45, 2.75) is 88.3 Å². The molecule has 1 aliphatic heterocycles. The number of nitrogens with zero attached hydrogens (tertiary/aromatic N) is 1. The monoisotopic (exact) mass is 814 g/mol. The molecule has 57 heavy (non-hydrogen) atoms. The van der Waals surface area contributed by atoms with Crippen LogP contribution in [0.1, 0.15) is 77.5 Å². The second-order valence-electron chi connectivity index (χ2n) is 15.4. The van der Waals surface area contributed by atoms with Gasteiger partial charge in [0.1, 0.15) is 17.4 Å². The molecule has 304 valence electrons. The van der Waals surface area contributed by atoms with Gasteiger partial charge in [0, 0.05) is 35.9 Å². The zero-order valence-corrected chi connectivity index (χ0v) is 35.2. The first kappa shape index (κ1) is 43.1. The Labute approximate surface area is 341 Å². The zero-order chi connectivity index (χ0) is 41.2. The molecule has 2 atom stereocenters. The van der Waals surface area contributed by atoms with Crippen molar-refractivity contribution in [3.05, 3.63) is 108 Å². The lowest BCUT2D eigenvalue weighted by Crippen LogP contribution is -2.41. The van der Waals surface area contributed by atoms with E-state index in [0.717, 1.165) is 24.9 Å². The average molecular weight is 815 g/mol. The molecule has 0 fully saturated rings. The lowest BCUT2D eigenvalue weighted by Gasteiger charge is -2.36. The van der Waals surface area contributed by atoms with Gasteiger partial charge in [-0.2, -0.15) is 0 Å². The van der Waals surface area contributed by atoms with Crippen LogP contribution >= 0.6 is 11.8 Å². The molecule has 1 heterocycles. The van der Waals surface area contributed by atoms with Gasteiger partial charge in [-0.25, -0.2) is 13.2 Å². The van der Waals surface area contributed by atoms with Crippen LogP contribution < -0.4 is 25.6 Å². The van der Waals surface area contributed by atoms with Crippen LogP contribution in [0.3, 0.4) is 0 Å². The fourth-order valence-corrected chi connectivity index (χ4v) is 9.63. The summed E-state index contributed by atoms with van der Waals surface area (Å²) in [4.78, 5) is 42.5. The number of rotatable bonds is 15. The Morgan fingerprint density at radius 2 is 1.63 bits per heavy atom. The van der Waals surface area contributed by atoms with Crippen molar-refractivity contribution >= 4 is 56.6 Å². The molecule has 0 aliphatic carbocycles. The first-order chi connectivity index (χ1) is 27.2. The van der Waals surface area contributed by atoms with E-state index >= 15 is 0 Å². The number of amides is 3. The van der Waals surface area contributed by atoms with E-state index in [4.69, 9.17) is 9.47 Å². The number of nitrogens with one attached hydrogen (secondary N) is 3. The smallest absolute Gasteiger partial charge is 0.412 e. The number of carbonyl (C=O) groups excluding carboxylic acids is 3. The maximum Gasteiger partial charge on any atom is 0.412 e. The maximum absolute atomic E-state index is 14.3. The second kappa shape index (κ2) is 19.0. The molecular weight excluding hydrogens is 761 g/mol. The lowest BCUT2D eigenvalue weighted by molar-refractivity contribution is -0.130. The number of hydrogen-bond donors (Lipinski definition) is 3. The number of fused-ring (bicyclic) bond motifs is 1. The number of benzene rings is 4. The minimum atomic E-state index is -3.78. The molecule has 0 bridgehead atoms. The zero-order valence-electron chi connectivity index (χ0n) is 33.6. The highest BCUT2D eigenvalue weighted by molar-refractivity contribution is 7.98. The number of hydrogen-bond acceptors (Lipinski definition) is 9. The molecule has 3 N–H and O–H groups in total. The molecule has 3 amide bonds. The van der Waals surface area contributed by atoms with Gasteiger partial charge in [-0.05, 0) is 81.3 Å². The Morgan fingerprint density at radius 3 is 2.28 bits per heavy atom. The highest BCUT2D eigenvalue weighted by Gasteiger charge is 2.42. The Bertz CT molecular complexity index is 2130. The molecule has 0 radical (unpaired) electrons. The minimum absolute atomic E-state index is 0.00376. The summed E-state index contributed by atoms with van der Waals surface area (Å²) in [6, 6.07) is 28.1. The van der Waals surface area contributed by atoms with Gasteiger partial charge in [-0.3, -0.25) is 14.9 Å². The third kappa shape index (κ3) is 11.5. The second-order valence-corrected chi connectivity index (χ2v) is 18.2. The Balaban J connectivity index is 1.35. The number of unbranched alkanes of at least 4 members (excludes halogenated alkanes) is 1. The summed E-state index contributed by atoms with van der Waals surface area (Å²) in [5, 5.41) is 8.40. The van der Waals surface area contributed by atoms with E-state index in [1.54, 1.807) is 75.4 Å². The van der Waals surface area contributed by atoms with Gasteiger partial charge in [0.15, 0.2) is 16.4 Å². The highest BCUT2D eigenvalue weighted by atomic mass is 32.2. The van der Waals surface area contributed by atoms with E-state index in [-0.39, 0.29) is 22.9 Å². The van der Waals surface area contributed by atoms with Crippen LogP contribution in [0.4, 0.5) is 21.9 Å². The summed E-state index contributed by atoms with van der Waals surface area (Å²) in [5.74, 6) is -0.748. The van der Waals surface area contributed by atoms with E-state index in [0.29, 0.717) is 40.4 Å². The number of sulfone groups is 1. The summed E-state index contributed by atoms with van der Waals surface area (Å²) in [7, 11) is -3.78. The van der Waals surface area contributed by atoms with E-state index in [2.05, 4.69) is 34.7 Å². The SMILES string of the molecule is CCCCC1(CC)CN(c2ccccc2)c2cc(SC)c(OCC(=O)N[C@@H](C(=O)NCc3cccc(NC(=O)OC(C)(C)C)c3)c3ccccc3)cc2S(=O)(=O)C1. The Morgan fingerprint density at radius 1 is 0.930 bits per heavy atom. The third-order valence-electron chi connectivity index (χ3n) is 9.84. The summed E-state index contributed by atoms with van der Waals surface area (Å²) < 4.78 is 40.1. The van der Waals surface area contributed by atoms with Gasteiger partial charge in [-0.1, -0.05) is 87.4 Å². The summed E-state index contributed by atoms with van der Waals surface area (Å²) in [6.07, 6.45) is 4.66. The number of anilines is 3. The predicted molar refractivity (Wildman–Crippen MR) is 227 cm³/mol. The molecule has 0 saturated heterocycles. The lowest BCUT2D eigenvalue weighted by atomic mass is 9.81. The van der Waals surface area contributed by atoms with Gasteiger partial charge in [0.25, 0.3) is 5.91 Å². The molecule has 0 aromatic heterocycles. The first-order valence-corrected chi connectivity index (χ1v) is 22.1. The van der Waals surface area contributed by atoms with Gasteiger partial charge >= 0.3 is 6.09 Å². The third-order valence-corrected chi connectivity index (χ3v) is 12.6. The number of para-hydroxylation sites is 1. The maximum atomic E-state index is 14.3. The first-order valence-electron chi connectivity index (χ1n) is 19.3. The Hall–Kier alpha value is -5.01. The Kier molecular flexibility index (Phi) is 14.3. The van der Waals surface area contributed by atoms with E-state index in [1.807, 2.05) is 48.7 Å². The molecule has 11 nitrogen and oxygen atoms in total. The fraction of sp³-hybridized carbons (Fsp3) is 0.386. The van der Waals surface area contributed by atoms with Crippen molar-refractivity contribution in [2.24, 2.45) is 5.41 Å². The van der Waals surface area contributed by atoms with Crippen LogP contribution in [0.2, 0.25) is 0 Å². The molecular formula is C44H54N4O7S2. The van der Waals surface area contributed by atoms with Crippen molar-refractivity contribution in [3.63, 3.8) is 0 Å². The van der Waals surface area contributed by atoms with Gasteiger partial charge in [-0.15, -0.1) is 11.8 Å². The van der Waals surface area contributed by atoms with E-state index in [9.17, 15) is 22.8 Å². The van der Waals surface area contributed by atoms with Crippen LogP contribution in [-0.2, 0) is 30.7 Å². The topological polar surface area (TPSA) is 143 Å². The molecule has 4 aromatic carbocycles. The molecule has 0 spiro atoms. The molecule has 1 unspecified atom stereocenters. The van der Waals surface area contributed by atoms with Crippen molar-refractivity contribution in [1.29, 1.82) is 0 Å². The van der Waals surface area contributed by atoms with Gasteiger partial charge in [0.2, 0.25) is 5.91 Å². The van der Waals surface area contributed by atoms with Gasteiger partial charge < -0.3 is 25.0 Å². The summed E-state index contributed by atoms with van der Waals surface area (Å²) in [5.41, 5.74) is 2.15. The van der Waals surface area contributed by atoms with Crippen LogP contribution in [0.5, 0.6) is 5.75 Å². The molecule has 0 saturated carbocycles. The van der Waals surface area contributed by atoms with Crippen LogP contribution in [-0.4, -0.2) is 57.1 Å². The van der Waals surface area contributed by atoms with Crippen LogP contribution in [0.15, 0.2) is 107 Å². The van der Waals surface area contributed by atoms with E-state index < -0.39 is 51.4 Å². The number of carbonyl (C=O) groups is 3. The molecule has 13 heteroatoms. The predicted octanol–water partition coefficient (Wildman–Crippen LogP) is 8.82. The largest absolute Gasteiger partial charge is 0.483 e. The van der Waals surface area contributed by atoms with Crippen molar-refractivity contribution in [2.75, 3.05) is 35.4 Å². The van der Waals surface area contributed by atoms with Crippen molar-refractivity contribution in [3.8, 4) is 5.75 Å². The number of thioether (sulfide) groups is 1. The average Bonchev–Trinajstić information content (AvgIpc) is 3.28. The van der Waals surface area contributed by atoms with Gasteiger partial charge in [0.05, 0.1) is 21.2 Å². The van der Waals surface area contributed by atoms with Crippen molar-refractivity contribution < 1.29 is 32.3 Å². The fourth-order valence-electron chi connectivity index (χ4n) is 6.91. The molecule has 1 aliphatic rings. The van der Waals surface area contributed by atoms with Crippen LogP contribution in [0.25, 0.3) is 0 Å². The van der Waals surface area contributed by atoms with Crippen molar-refractivity contribution in [1.82, 2.24) is 10.6 Å². The standard InChI is InChI=1S/C44H54N4O7S2/c1-7-9-23-44(8-2)29-48(34-21-14-11-15-22-34)35-25-37(56-6)36(26-38(35)57(52,53)30-44)54-28-39(49)47-40(32-18-12-10-13-19-32)41(50)45-27-31-17-16-20-33(24-31)46-42(51)55-43(3,4)5/h10-22,24-26,40H,7-9,23,27-30H2,1-6H3,(H,45,50)(H,46,51)(H,47,49)/t40-,44?/m1/s1. The van der Waals surface area contributed by atoms with Crippen LogP contribution in [0, 0.1) is 5.41 Å². The summed E-state index contributed by atoms with van der Waals surface area (Å²) >= 11 is 1.40. The molecule has 4 aromatic rings. The molecule has 5 rings (SSSR count).